The fourth-order valence-electron chi connectivity index (χ4n) is 2.74. The minimum Gasteiger partial charge on any atom is -0.493 e. The van der Waals surface area contributed by atoms with E-state index >= 15 is 0 Å². The van der Waals surface area contributed by atoms with Gasteiger partial charge >= 0.3 is 11.9 Å². The normalized spacial score (nSPS) is 10.2. The number of unbranched alkanes of at least 4 members (excludes halogenated alkanes) is 1. The van der Waals surface area contributed by atoms with Crippen molar-refractivity contribution in [2.24, 2.45) is 0 Å². The van der Waals surface area contributed by atoms with Crippen molar-refractivity contribution in [3.05, 3.63) is 71.3 Å². The smallest absolute Gasteiger partial charge is 0.343 e. The van der Waals surface area contributed by atoms with Gasteiger partial charge in [-0.1, -0.05) is 24.8 Å². The molecule has 0 spiro atoms. The van der Waals surface area contributed by atoms with Crippen molar-refractivity contribution < 1.29 is 23.8 Å². The molecule has 0 amide bonds. The van der Waals surface area contributed by atoms with Crippen molar-refractivity contribution in [3.63, 3.8) is 0 Å². The highest BCUT2D eigenvalue weighted by Crippen LogP contribution is 2.26. The number of rotatable bonds is 9. The fraction of sp³-hybridized carbons (Fsp3) is 0.304. The maximum Gasteiger partial charge on any atom is 0.343 e. The molecule has 0 aliphatic carbocycles. The minimum absolute atomic E-state index is 0.343. The van der Waals surface area contributed by atoms with Crippen molar-refractivity contribution in [2.45, 2.75) is 33.6 Å². The highest BCUT2D eigenvalue weighted by atomic mass is 16.5. The Bertz CT molecular complexity index is 831. The lowest BCUT2D eigenvalue weighted by Gasteiger charge is -2.14. The minimum atomic E-state index is -0.416. The van der Waals surface area contributed by atoms with Gasteiger partial charge < -0.3 is 14.2 Å². The lowest BCUT2D eigenvalue weighted by Crippen LogP contribution is -2.11. The predicted molar refractivity (Wildman–Crippen MR) is 108 cm³/mol. The Morgan fingerprint density at radius 3 is 2.25 bits per heavy atom. The first-order valence-electron chi connectivity index (χ1n) is 9.23. The molecule has 0 saturated heterocycles. The summed E-state index contributed by atoms with van der Waals surface area (Å²) in [6.07, 6.45) is 2.60. The van der Waals surface area contributed by atoms with Crippen molar-refractivity contribution in [3.8, 4) is 11.5 Å². The Kier molecular flexibility index (Phi) is 7.81. The lowest BCUT2D eigenvalue weighted by atomic mass is 10.1. The molecule has 0 aromatic heterocycles. The monoisotopic (exact) mass is 382 g/mol. The Morgan fingerprint density at radius 2 is 1.61 bits per heavy atom. The van der Waals surface area contributed by atoms with E-state index in [0.717, 1.165) is 34.9 Å². The third-order valence-electron chi connectivity index (χ3n) is 4.19. The summed E-state index contributed by atoms with van der Waals surface area (Å²) in [4.78, 5) is 23.4. The van der Waals surface area contributed by atoms with Crippen LogP contribution in [0.25, 0.3) is 0 Å². The van der Waals surface area contributed by atoms with Crippen LogP contribution in [-0.4, -0.2) is 25.2 Å². The van der Waals surface area contributed by atoms with Crippen LogP contribution in [-0.2, 0) is 9.53 Å². The van der Waals surface area contributed by atoms with Crippen LogP contribution in [0.2, 0.25) is 0 Å². The summed E-state index contributed by atoms with van der Waals surface area (Å²) in [7, 11) is 0. The number of aryl methyl sites for hydroxylation is 3. The van der Waals surface area contributed by atoms with Crippen LogP contribution in [0.1, 0.15) is 39.9 Å². The second-order valence-corrected chi connectivity index (χ2v) is 6.52. The maximum atomic E-state index is 12.5. The van der Waals surface area contributed by atoms with Gasteiger partial charge in [0.05, 0.1) is 18.8 Å². The molecule has 0 bridgehead atoms. The van der Waals surface area contributed by atoms with Gasteiger partial charge in [0.15, 0.2) is 0 Å². The molecule has 0 saturated carbocycles. The van der Waals surface area contributed by atoms with Crippen molar-refractivity contribution in [1.29, 1.82) is 0 Å². The summed E-state index contributed by atoms with van der Waals surface area (Å²) >= 11 is 0. The average Bonchev–Trinajstić information content (AvgIpc) is 2.67. The van der Waals surface area contributed by atoms with E-state index in [4.69, 9.17) is 14.2 Å². The van der Waals surface area contributed by atoms with E-state index in [1.807, 2.05) is 39.0 Å². The zero-order valence-electron chi connectivity index (χ0n) is 16.6. The molecule has 0 heterocycles. The molecule has 2 rings (SSSR count). The van der Waals surface area contributed by atoms with Crippen LogP contribution in [0.3, 0.4) is 0 Å². The van der Waals surface area contributed by atoms with E-state index in [1.165, 1.54) is 0 Å². The van der Waals surface area contributed by atoms with Crippen LogP contribution in [0, 0.1) is 20.8 Å². The van der Waals surface area contributed by atoms with Gasteiger partial charge in [0.25, 0.3) is 0 Å². The van der Waals surface area contributed by atoms with E-state index < -0.39 is 11.9 Å². The van der Waals surface area contributed by atoms with Crippen molar-refractivity contribution in [1.82, 2.24) is 0 Å². The van der Waals surface area contributed by atoms with Gasteiger partial charge in [0.1, 0.15) is 11.5 Å². The topological polar surface area (TPSA) is 61.8 Å². The quantitative estimate of drug-likeness (QED) is 0.272. The van der Waals surface area contributed by atoms with E-state index in [0.29, 0.717) is 30.9 Å². The first-order chi connectivity index (χ1) is 13.4. The molecule has 5 nitrogen and oxygen atoms in total. The maximum absolute atomic E-state index is 12.5. The van der Waals surface area contributed by atoms with Crippen LogP contribution in [0.4, 0.5) is 0 Å². The van der Waals surface area contributed by atoms with E-state index in [2.05, 4.69) is 6.58 Å². The number of para-hydroxylation sites is 1. The number of esters is 2. The van der Waals surface area contributed by atoms with Gasteiger partial charge in [-0.3, -0.25) is 0 Å². The summed E-state index contributed by atoms with van der Waals surface area (Å²) in [5.41, 5.74) is 3.13. The van der Waals surface area contributed by atoms with Crippen molar-refractivity contribution in [2.75, 3.05) is 13.2 Å². The molecule has 0 aliphatic rings. The average molecular weight is 382 g/mol. The number of carbonyl (C=O) groups is 2. The van der Waals surface area contributed by atoms with Crippen LogP contribution in [0.15, 0.2) is 49.1 Å². The third-order valence-corrected chi connectivity index (χ3v) is 4.19. The molecule has 0 radical (unpaired) electrons. The summed E-state index contributed by atoms with van der Waals surface area (Å²) in [6, 6.07) is 11.0. The highest BCUT2D eigenvalue weighted by Gasteiger charge is 2.14. The summed E-state index contributed by atoms with van der Waals surface area (Å²) in [5.74, 6) is 0.507. The Labute approximate surface area is 165 Å². The molecular weight excluding hydrogens is 356 g/mol. The molecule has 5 heteroatoms. The Hall–Kier alpha value is -3.08. The fourth-order valence-corrected chi connectivity index (χ4v) is 2.74. The van der Waals surface area contributed by atoms with Gasteiger partial charge in [-0.25, -0.2) is 9.59 Å². The first-order valence-corrected chi connectivity index (χ1v) is 9.23. The molecule has 2 aromatic rings. The van der Waals surface area contributed by atoms with Gasteiger partial charge in [0, 0.05) is 6.08 Å². The third kappa shape index (κ3) is 5.98. The molecule has 148 valence electrons. The van der Waals surface area contributed by atoms with Gasteiger partial charge in [-0.2, -0.15) is 0 Å². The number of hydrogen-bond donors (Lipinski definition) is 0. The predicted octanol–water partition coefficient (Wildman–Crippen LogP) is 4.72. The summed E-state index contributed by atoms with van der Waals surface area (Å²) < 4.78 is 16.3. The lowest BCUT2D eigenvalue weighted by molar-refractivity contribution is -0.137. The van der Waals surface area contributed by atoms with Gasteiger partial charge in [-0.05, 0) is 68.5 Å². The van der Waals surface area contributed by atoms with Crippen LogP contribution < -0.4 is 9.47 Å². The summed E-state index contributed by atoms with van der Waals surface area (Å²) in [5, 5.41) is 0. The van der Waals surface area contributed by atoms with Crippen LogP contribution in [0.5, 0.6) is 11.5 Å². The Morgan fingerprint density at radius 1 is 0.964 bits per heavy atom. The Balaban J connectivity index is 1.93. The van der Waals surface area contributed by atoms with Gasteiger partial charge in [0.2, 0.25) is 0 Å². The zero-order valence-corrected chi connectivity index (χ0v) is 16.6. The molecule has 0 atom stereocenters. The van der Waals surface area contributed by atoms with E-state index in [1.54, 1.807) is 18.2 Å². The van der Waals surface area contributed by atoms with Crippen molar-refractivity contribution >= 4 is 11.9 Å². The number of ether oxygens (including phenoxy) is 3. The standard InChI is InChI=1S/C23H26O5/c1-5-21(24)26-12-8-9-13-27-22-17(3)14-19(15-18(22)4)23(25)28-20-11-7-6-10-16(20)2/h5-7,10-11,14-15H,1,8-9,12-13H2,2-4H3. The molecule has 2 aromatic carbocycles. The summed E-state index contributed by atoms with van der Waals surface area (Å²) in [6.45, 7) is 9.89. The van der Waals surface area contributed by atoms with Gasteiger partial charge in [-0.15, -0.1) is 0 Å². The van der Waals surface area contributed by atoms with E-state index in [-0.39, 0.29) is 0 Å². The molecule has 0 unspecified atom stereocenters. The highest BCUT2D eigenvalue weighted by molar-refractivity contribution is 5.92. The molecule has 0 aliphatic heterocycles. The zero-order chi connectivity index (χ0) is 20.5. The molecular formula is C23H26O5. The van der Waals surface area contributed by atoms with E-state index in [9.17, 15) is 9.59 Å². The number of carbonyl (C=O) groups excluding carboxylic acids is 2. The molecule has 0 fully saturated rings. The largest absolute Gasteiger partial charge is 0.493 e. The second-order valence-electron chi connectivity index (χ2n) is 6.52. The second kappa shape index (κ2) is 10.3. The first kappa shape index (κ1) is 21.2. The number of benzene rings is 2. The van der Waals surface area contributed by atoms with Crippen LogP contribution >= 0.6 is 0 Å². The molecule has 0 N–H and O–H groups in total. The molecule has 28 heavy (non-hydrogen) atoms. The SMILES string of the molecule is C=CC(=O)OCCCCOc1c(C)cc(C(=O)Oc2ccccc2C)cc1C. The number of hydrogen-bond acceptors (Lipinski definition) is 5.